The maximum Gasteiger partial charge on any atom is 0.124 e. The van der Waals surface area contributed by atoms with Crippen LogP contribution in [0.15, 0.2) is 18.2 Å². The molecule has 0 unspecified atom stereocenters. The molecule has 0 aromatic heterocycles. The molecule has 0 atom stereocenters. The first-order valence-corrected chi connectivity index (χ1v) is 5.78. The van der Waals surface area contributed by atoms with Crippen molar-refractivity contribution in [1.82, 2.24) is 0 Å². The fourth-order valence-electron chi connectivity index (χ4n) is 1.40. The molecule has 0 aliphatic heterocycles. The molecule has 1 aromatic rings. The Balaban J connectivity index is 2.25. The van der Waals surface area contributed by atoms with Crippen LogP contribution in [0.2, 0.25) is 0 Å². The molecule has 1 N–H and O–H groups in total. The molecule has 98 valence electrons. The number of rotatable bonds is 8. The van der Waals surface area contributed by atoms with E-state index in [2.05, 4.69) is 5.32 Å². The molecular formula is C13H17FN2O2. The third kappa shape index (κ3) is 5.13. The van der Waals surface area contributed by atoms with Crippen molar-refractivity contribution < 1.29 is 13.9 Å². The Kier molecular flexibility index (Phi) is 6.77. The van der Waals surface area contributed by atoms with Crippen LogP contribution in [0.1, 0.15) is 12.0 Å². The Morgan fingerprint density at radius 2 is 2.17 bits per heavy atom. The molecule has 4 nitrogen and oxygen atoms in total. The number of nitrogens with one attached hydrogen (secondary N) is 1. The number of hydrogen-bond donors (Lipinski definition) is 1. The van der Waals surface area contributed by atoms with Gasteiger partial charge in [0.15, 0.2) is 0 Å². The lowest BCUT2D eigenvalue weighted by Gasteiger charge is -2.08. The molecule has 0 radical (unpaired) electrons. The van der Waals surface area contributed by atoms with Crippen LogP contribution in [0.25, 0.3) is 0 Å². The van der Waals surface area contributed by atoms with Gasteiger partial charge in [-0.25, -0.2) is 4.39 Å². The molecular weight excluding hydrogens is 235 g/mol. The summed E-state index contributed by atoms with van der Waals surface area (Å²) in [4.78, 5) is 0. The van der Waals surface area contributed by atoms with Gasteiger partial charge in [-0.2, -0.15) is 5.26 Å². The van der Waals surface area contributed by atoms with Crippen molar-refractivity contribution in [1.29, 1.82) is 5.26 Å². The van der Waals surface area contributed by atoms with Gasteiger partial charge in [-0.3, -0.25) is 0 Å². The first-order valence-electron chi connectivity index (χ1n) is 5.78. The van der Waals surface area contributed by atoms with Crippen LogP contribution >= 0.6 is 0 Å². The summed E-state index contributed by atoms with van der Waals surface area (Å²) in [7, 11) is 1.63. The number of benzene rings is 1. The molecule has 1 aromatic carbocycles. The average molecular weight is 252 g/mol. The second-order valence-electron chi connectivity index (χ2n) is 3.69. The molecule has 18 heavy (non-hydrogen) atoms. The highest BCUT2D eigenvalue weighted by Crippen LogP contribution is 2.15. The van der Waals surface area contributed by atoms with Crippen molar-refractivity contribution in [2.75, 3.05) is 38.8 Å². The van der Waals surface area contributed by atoms with Gasteiger partial charge in [0.1, 0.15) is 11.9 Å². The number of anilines is 1. The first kappa shape index (κ1) is 14.4. The molecule has 0 saturated heterocycles. The van der Waals surface area contributed by atoms with Crippen molar-refractivity contribution >= 4 is 5.69 Å². The zero-order chi connectivity index (χ0) is 13.2. The van der Waals surface area contributed by atoms with Crippen LogP contribution in [-0.2, 0) is 9.47 Å². The molecule has 0 fully saturated rings. The van der Waals surface area contributed by atoms with Gasteiger partial charge < -0.3 is 14.8 Å². The minimum absolute atomic E-state index is 0.315. The summed E-state index contributed by atoms with van der Waals surface area (Å²) in [5.41, 5.74) is 0.964. The number of hydrogen-bond acceptors (Lipinski definition) is 4. The van der Waals surface area contributed by atoms with Crippen LogP contribution in [0.3, 0.4) is 0 Å². The smallest absolute Gasteiger partial charge is 0.124 e. The van der Waals surface area contributed by atoms with Gasteiger partial charge in [-0.05, 0) is 24.6 Å². The van der Waals surface area contributed by atoms with E-state index in [0.717, 1.165) is 6.42 Å². The van der Waals surface area contributed by atoms with E-state index in [4.69, 9.17) is 14.7 Å². The summed E-state index contributed by atoms with van der Waals surface area (Å²) in [5.74, 6) is -0.403. The topological polar surface area (TPSA) is 54.3 Å². The molecule has 0 spiro atoms. The number of ether oxygens (including phenoxy) is 2. The number of methoxy groups -OCH3 is 1. The molecule has 0 aliphatic carbocycles. The zero-order valence-electron chi connectivity index (χ0n) is 10.4. The van der Waals surface area contributed by atoms with Crippen LogP contribution in [-0.4, -0.2) is 33.5 Å². The molecule has 0 heterocycles. The van der Waals surface area contributed by atoms with E-state index in [1.807, 2.05) is 6.07 Å². The highest BCUT2D eigenvalue weighted by atomic mass is 19.1. The summed E-state index contributed by atoms with van der Waals surface area (Å²) in [5, 5.41) is 11.9. The Morgan fingerprint density at radius 3 is 2.89 bits per heavy atom. The van der Waals surface area contributed by atoms with E-state index in [9.17, 15) is 4.39 Å². The van der Waals surface area contributed by atoms with Crippen LogP contribution in [0.5, 0.6) is 0 Å². The van der Waals surface area contributed by atoms with Crippen molar-refractivity contribution in [2.45, 2.75) is 6.42 Å². The summed E-state index contributed by atoms with van der Waals surface area (Å²) >= 11 is 0. The van der Waals surface area contributed by atoms with Gasteiger partial charge in [0.2, 0.25) is 0 Å². The maximum absolute atomic E-state index is 12.9. The van der Waals surface area contributed by atoms with Crippen molar-refractivity contribution in [3.63, 3.8) is 0 Å². The molecule has 0 bridgehead atoms. The van der Waals surface area contributed by atoms with Crippen molar-refractivity contribution in [2.24, 2.45) is 0 Å². The number of halogens is 1. The second-order valence-corrected chi connectivity index (χ2v) is 3.69. The predicted molar refractivity (Wildman–Crippen MR) is 66.9 cm³/mol. The summed E-state index contributed by atoms with van der Waals surface area (Å²) in [6, 6.07) is 6.08. The van der Waals surface area contributed by atoms with Gasteiger partial charge >= 0.3 is 0 Å². The number of nitrogens with zero attached hydrogens (tertiary/aromatic N) is 1. The molecule has 1 rings (SSSR count). The van der Waals surface area contributed by atoms with E-state index >= 15 is 0 Å². The van der Waals surface area contributed by atoms with Gasteiger partial charge in [-0.15, -0.1) is 0 Å². The Bertz CT molecular complexity index is 404. The highest BCUT2D eigenvalue weighted by molar-refractivity contribution is 5.57. The fraction of sp³-hybridized carbons (Fsp3) is 0.462. The maximum atomic E-state index is 12.9. The SMILES string of the molecule is COCCOCCCNc1ccc(F)cc1C#N. The Hall–Kier alpha value is -1.64. The van der Waals surface area contributed by atoms with Gasteiger partial charge in [-0.1, -0.05) is 0 Å². The summed E-state index contributed by atoms with van der Waals surface area (Å²) in [6.45, 7) is 2.47. The quantitative estimate of drug-likeness (QED) is 0.720. The molecule has 5 heteroatoms. The van der Waals surface area contributed by atoms with E-state index in [1.54, 1.807) is 13.2 Å². The monoisotopic (exact) mass is 252 g/mol. The Morgan fingerprint density at radius 1 is 1.33 bits per heavy atom. The first-order chi connectivity index (χ1) is 8.77. The van der Waals surface area contributed by atoms with Crippen LogP contribution < -0.4 is 5.32 Å². The average Bonchev–Trinajstić information content (AvgIpc) is 2.39. The normalized spacial score (nSPS) is 10.1. The minimum Gasteiger partial charge on any atom is -0.384 e. The predicted octanol–water partition coefficient (Wildman–Crippen LogP) is 2.16. The lowest BCUT2D eigenvalue weighted by Crippen LogP contribution is -2.09. The second kappa shape index (κ2) is 8.45. The van der Waals surface area contributed by atoms with Gasteiger partial charge in [0, 0.05) is 20.3 Å². The largest absolute Gasteiger partial charge is 0.384 e. The summed E-state index contributed by atoms with van der Waals surface area (Å²) in [6.07, 6.45) is 0.811. The Labute approximate surface area is 106 Å². The van der Waals surface area contributed by atoms with Crippen molar-refractivity contribution in [3.8, 4) is 6.07 Å². The van der Waals surface area contributed by atoms with E-state index in [-0.39, 0.29) is 0 Å². The van der Waals surface area contributed by atoms with E-state index in [0.29, 0.717) is 37.6 Å². The minimum atomic E-state index is -0.403. The third-order valence-corrected chi connectivity index (χ3v) is 2.31. The number of nitriles is 1. The van der Waals surface area contributed by atoms with Gasteiger partial charge in [0.05, 0.1) is 24.5 Å². The van der Waals surface area contributed by atoms with Crippen LogP contribution in [0.4, 0.5) is 10.1 Å². The van der Waals surface area contributed by atoms with Crippen molar-refractivity contribution in [3.05, 3.63) is 29.6 Å². The lowest BCUT2D eigenvalue weighted by molar-refractivity contribution is 0.0705. The van der Waals surface area contributed by atoms with E-state index in [1.165, 1.54) is 12.1 Å². The molecule has 0 aliphatic rings. The zero-order valence-corrected chi connectivity index (χ0v) is 10.4. The fourth-order valence-corrected chi connectivity index (χ4v) is 1.40. The lowest BCUT2D eigenvalue weighted by atomic mass is 10.2. The van der Waals surface area contributed by atoms with Crippen LogP contribution in [0, 0.1) is 17.1 Å². The highest BCUT2D eigenvalue weighted by Gasteiger charge is 2.02. The summed E-state index contributed by atoms with van der Waals surface area (Å²) < 4.78 is 23.0. The molecule has 0 amide bonds. The van der Waals surface area contributed by atoms with E-state index < -0.39 is 5.82 Å². The third-order valence-electron chi connectivity index (χ3n) is 2.31. The molecule has 0 saturated carbocycles. The standard InChI is InChI=1S/C13H17FN2O2/c1-17-7-8-18-6-2-5-16-13-4-3-12(14)9-11(13)10-15/h3-4,9,16H,2,5-8H2,1H3. The van der Waals surface area contributed by atoms with Gasteiger partial charge in [0.25, 0.3) is 0 Å².